The summed E-state index contributed by atoms with van der Waals surface area (Å²) in [6.07, 6.45) is -6.36. The lowest BCUT2D eigenvalue weighted by Gasteiger charge is -2.49. The molecular formula is C17H15F3N2O7S. The van der Waals surface area contributed by atoms with Crippen molar-refractivity contribution in [3.8, 4) is 0 Å². The molecule has 0 spiro atoms. The van der Waals surface area contributed by atoms with Crippen LogP contribution in [0.15, 0.2) is 41.6 Å². The van der Waals surface area contributed by atoms with Crippen LogP contribution in [0, 0.1) is 0 Å². The standard InChI is InChI=1S/C17H15F3N2O7S/c1-28-16(25)21-11-13(23)22-12(15(24)29-7-9-5-3-2-4-6-9)10(17(18,19)20)8-30(26,27)14(11)22/h2-6,11,14H,7-8H2,1H3,(H,21,25)/t11-,14?/m0/s1. The Kier molecular flexibility index (Phi) is 5.50. The van der Waals surface area contributed by atoms with Gasteiger partial charge in [-0.3, -0.25) is 9.69 Å². The summed E-state index contributed by atoms with van der Waals surface area (Å²) in [4.78, 5) is 36.4. The van der Waals surface area contributed by atoms with Gasteiger partial charge in [-0.25, -0.2) is 18.0 Å². The third-order valence-electron chi connectivity index (χ3n) is 4.49. The van der Waals surface area contributed by atoms with Crippen LogP contribution >= 0.6 is 0 Å². The Hall–Kier alpha value is -3.09. The highest BCUT2D eigenvalue weighted by Crippen LogP contribution is 2.42. The molecule has 0 saturated carbocycles. The van der Waals surface area contributed by atoms with Crippen molar-refractivity contribution in [1.29, 1.82) is 0 Å². The number of benzene rings is 1. The van der Waals surface area contributed by atoms with Gasteiger partial charge in [0.15, 0.2) is 15.2 Å². The van der Waals surface area contributed by atoms with Crippen LogP contribution in [0.5, 0.6) is 0 Å². The zero-order valence-electron chi connectivity index (χ0n) is 15.3. The van der Waals surface area contributed by atoms with E-state index in [2.05, 4.69) is 4.74 Å². The van der Waals surface area contributed by atoms with Crippen molar-refractivity contribution in [1.82, 2.24) is 10.2 Å². The van der Waals surface area contributed by atoms with Crippen LogP contribution in [-0.4, -0.2) is 61.7 Å². The minimum absolute atomic E-state index is 0.204. The number of ether oxygens (including phenoxy) is 2. The van der Waals surface area contributed by atoms with Crippen molar-refractivity contribution < 1.29 is 45.4 Å². The number of carbonyl (C=O) groups is 3. The zero-order chi connectivity index (χ0) is 22.3. The van der Waals surface area contributed by atoms with Crippen molar-refractivity contribution in [3.05, 3.63) is 47.2 Å². The van der Waals surface area contributed by atoms with Crippen LogP contribution in [0.1, 0.15) is 5.56 Å². The van der Waals surface area contributed by atoms with Crippen LogP contribution in [0.25, 0.3) is 0 Å². The monoisotopic (exact) mass is 448 g/mol. The van der Waals surface area contributed by atoms with Crippen molar-refractivity contribution in [3.63, 3.8) is 0 Å². The predicted octanol–water partition coefficient (Wildman–Crippen LogP) is 0.867. The molecule has 3 rings (SSSR count). The molecule has 0 bridgehead atoms. The zero-order valence-corrected chi connectivity index (χ0v) is 16.1. The number of β-lactam (4-membered cyclic amide) rings is 1. The summed E-state index contributed by atoms with van der Waals surface area (Å²) in [5, 5.41) is 0.0739. The molecule has 2 heterocycles. The highest BCUT2D eigenvalue weighted by atomic mass is 32.2. The maximum Gasteiger partial charge on any atom is 0.415 e. The van der Waals surface area contributed by atoms with E-state index in [0.717, 1.165) is 7.11 Å². The van der Waals surface area contributed by atoms with Gasteiger partial charge >= 0.3 is 18.2 Å². The molecule has 1 saturated heterocycles. The average Bonchev–Trinajstić information content (AvgIpc) is 2.68. The van der Waals surface area contributed by atoms with E-state index < -0.39 is 69.0 Å². The number of halogens is 3. The summed E-state index contributed by atoms with van der Waals surface area (Å²) >= 11 is 0. The first kappa shape index (κ1) is 21.6. The molecule has 1 aromatic carbocycles. The Morgan fingerprint density at radius 3 is 2.43 bits per heavy atom. The highest BCUT2D eigenvalue weighted by molar-refractivity contribution is 7.92. The van der Waals surface area contributed by atoms with E-state index in [4.69, 9.17) is 4.74 Å². The topological polar surface area (TPSA) is 119 Å². The Morgan fingerprint density at radius 1 is 1.23 bits per heavy atom. The van der Waals surface area contributed by atoms with E-state index in [1.807, 2.05) is 5.32 Å². The summed E-state index contributed by atoms with van der Waals surface area (Å²) in [5.74, 6) is -4.25. The summed E-state index contributed by atoms with van der Waals surface area (Å²) in [5.41, 5.74) is -2.44. The molecular weight excluding hydrogens is 433 g/mol. The molecule has 0 aromatic heterocycles. The maximum absolute atomic E-state index is 13.5. The number of esters is 1. The number of alkyl halides is 3. The van der Waals surface area contributed by atoms with E-state index in [0.29, 0.717) is 5.56 Å². The Bertz CT molecular complexity index is 1020. The van der Waals surface area contributed by atoms with Crippen molar-refractivity contribution in [2.45, 2.75) is 24.2 Å². The number of nitrogens with zero attached hydrogens (tertiary/aromatic N) is 1. The maximum atomic E-state index is 13.5. The van der Waals surface area contributed by atoms with Crippen LogP contribution in [0.3, 0.4) is 0 Å². The fourth-order valence-electron chi connectivity index (χ4n) is 3.12. The van der Waals surface area contributed by atoms with E-state index in [1.54, 1.807) is 30.3 Å². The third kappa shape index (κ3) is 3.84. The van der Waals surface area contributed by atoms with Gasteiger partial charge in [0, 0.05) is 0 Å². The SMILES string of the molecule is COC(=O)N[C@H]1C(=O)N2C(C(=O)OCc3ccccc3)=C(C(F)(F)F)CS(=O)(=O)C12. The predicted molar refractivity (Wildman–Crippen MR) is 93.1 cm³/mol. The van der Waals surface area contributed by atoms with Gasteiger partial charge < -0.3 is 14.8 Å². The lowest BCUT2D eigenvalue weighted by molar-refractivity contribution is -0.154. The van der Waals surface area contributed by atoms with Gasteiger partial charge in [0.2, 0.25) is 0 Å². The Morgan fingerprint density at radius 2 is 1.87 bits per heavy atom. The highest BCUT2D eigenvalue weighted by Gasteiger charge is 2.63. The molecule has 1 unspecified atom stereocenters. The number of rotatable bonds is 4. The van der Waals surface area contributed by atoms with Gasteiger partial charge in [0.1, 0.15) is 18.3 Å². The second-order valence-corrected chi connectivity index (χ2v) is 8.50. The minimum atomic E-state index is -5.21. The van der Waals surface area contributed by atoms with Gasteiger partial charge in [-0.2, -0.15) is 13.2 Å². The third-order valence-corrected chi connectivity index (χ3v) is 6.40. The molecule has 2 aliphatic rings. The number of alkyl carbamates (subject to hydrolysis) is 1. The van der Waals surface area contributed by atoms with Crippen LogP contribution < -0.4 is 5.32 Å². The van der Waals surface area contributed by atoms with E-state index >= 15 is 0 Å². The number of sulfone groups is 1. The number of methoxy groups -OCH3 is 1. The van der Waals surface area contributed by atoms with Gasteiger partial charge in [-0.05, 0) is 5.56 Å². The molecule has 0 aliphatic carbocycles. The first-order valence-electron chi connectivity index (χ1n) is 8.38. The smallest absolute Gasteiger partial charge is 0.415 e. The second kappa shape index (κ2) is 7.63. The van der Waals surface area contributed by atoms with E-state index in [1.165, 1.54) is 0 Å². The van der Waals surface area contributed by atoms with Crippen LogP contribution in [0.4, 0.5) is 18.0 Å². The summed E-state index contributed by atoms with van der Waals surface area (Å²) < 4.78 is 74.5. The molecule has 9 nitrogen and oxygen atoms in total. The van der Waals surface area contributed by atoms with Crippen LogP contribution in [0.2, 0.25) is 0 Å². The second-order valence-electron chi connectivity index (χ2n) is 6.41. The molecule has 13 heteroatoms. The van der Waals surface area contributed by atoms with Gasteiger partial charge in [0.05, 0.1) is 18.4 Å². The number of carbonyl (C=O) groups excluding carboxylic acids is 3. The molecule has 1 fully saturated rings. The Labute approximate surface area is 168 Å². The van der Waals surface area contributed by atoms with Gasteiger partial charge in [-0.15, -0.1) is 0 Å². The fraction of sp³-hybridized carbons (Fsp3) is 0.353. The lowest BCUT2D eigenvalue weighted by Crippen LogP contribution is -2.75. The summed E-state index contributed by atoms with van der Waals surface area (Å²) in [6, 6.07) is 6.36. The van der Waals surface area contributed by atoms with Crippen LogP contribution in [-0.2, 0) is 35.5 Å². The van der Waals surface area contributed by atoms with Crippen molar-refractivity contribution >= 4 is 27.8 Å². The van der Waals surface area contributed by atoms with Gasteiger partial charge in [-0.1, -0.05) is 30.3 Å². The number of hydrogen-bond donors (Lipinski definition) is 1. The summed E-state index contributed by atoms with van der Waals surface area (Å²) in [6.45, 7) is -0.391. The molecule has 30 heavy (non-hydrogen) atoms. The largest absolute Gasteiger partial charge is 0.456 e. The molecule has 162 valence electrons. The molecule has 2 aliphatic heterocycles. The lowest BCUT2D eigenvalue weighted by atomic mass is 10.0. The normalized spacial score (nSPS) is 22.7. The first-order chi connectivity index (χ1) is 14.0. The average molecular weight is 448 g/mol. The fourth-order valence-corrected chi connectivity index (χ4v) is 5.12. The number of nitrogens with one attached hydrogen (secondary N) is 1. The number of hydrogen-bond acceptors (Lipinski definition) is 7. The molecule has 2 atom stereocenters. The number of fused-ring (bicyclic) bond motifs is 1. The minimum Gasteiger partial charge on any atom is -0.456 e. The molecule has 0 radical (unpaired) electrons. The van der Waals surface area contributed by atoms with Gasteiger partial charge in [0.25, 0.3) is 5.91 Å². The first-order valence-corrected chi connectivity index (χ1v) is 10.1. The Balaban J connectivity index is 1.97. The molecule has 1 aromatic rings. The van der Waals surface area contributed by atoms with E-state index in [-0.39, 0.29) is 4.90 Å². The van der Waals surface area contributed by atoms with E-state index in [9.17, 15) is 36.0 Å². The van der Waals surface area contributed by atoms with Crippen molar-refractivity contribution in [2.24, 2.45) is 0 Å². The van der Waals surface area contributed by atoms with Crippen molar-refractivity contribution in [2.75, 3.05) is 12.9 Å². The molecule has 2 amide bonds. The quantitative estimate of drug-likeness (QED) is 0.536. The number of amides is 2. The summed E-state index contributed by atoms with van der Waals surface area (Å²) in [7, 11) is -3.62. The molecule has 1 N–H and O–H groups in total.